The average Bonchev–Trinajstić information content (AvgIpc) is 2.38. The zero-order valence-corrected chi connectivity index (χ0v) is 11.3. The summed E-state index contributed by atoms with van der Waals surface area (Å²) in [5, 5.41) is 0. The van der Waals surface area contributed by atoms with Crippen LogP contribution in [0.15, 0.2) is 18.2 Å². The lowest BCUT2D eigenvalue weighted by molar-refractivity contribution is 0.0397. The van der Waals surface area contributed by atoms with Crippen molar-refractivity contribution in [3.05, 3.63) is 23.8 Å². The van der Waals surface area contributed by atoms with Gasteiger partial charge >= 0.3 is 0 Å². The first-order chi connectivity index (χ1) is 8.77. The highest BCUT2D eigenvalue weighted by Crippen LogP contribution is 2.22. The number of rotatable bonds is 9. The lowest BCUT2D eigenvalue weighted by Crippen LogP contribution is -2.05. The Morgan fingerprint density at radius 1 is 1.11 bits per heavy atom. The van der Waals surface area contributed by atoms with Crippen molar-refractivity contribution < 1.29 is 14.2 Å². The van der Waals surface area contributed by atoms with Crippen LogP contribution in [-0.2, 0) is 16.1 Å². The van der Waals surface area contributed by atoms with E-state index in [-0.39, 0.29) is 0 Å². The summed E-state index contributed by atoms with van der Waals surface area (Å²) in [5.41, 5.74) is 7.49. The molecular formula is C14H23NO3. The highest BCUT2D eigenvalue weighted by molar-refractivity contribution is 5.54. The Hall–Kier alpha value is -1.26. The quantitative estimate of drug-likeness (QED) is 0.543. The molecule has 0 bridgehead atoms. The van der Waals surface area contributed by atoms with Gasteiger partial charge in [-0.3, -0.25) is 0 Å². The van der Waals surface area contributed by atoms with E-state index in [1.165, 1.54) is 0 Å². The van der Waals surface area contributed by atoms with E-state index in [9.17, 15) is 0 Å². The molecule has 18 heavy (non-hydrogen) atoms. The minimum atomic E-state index is 0.547. The molecule has 0 aliphatic rings. The van der Waals surface area contributed by atoms with Gasteiger partial charge in [0.25, 0.3) is 0 Å². The van der Waals surface area contributed by atoms with Gasteiger partial charge < -0.3 is 19.9 Å². The van der Waals surface area contributed by atoms with Crippen LogP contribution in [0, 0.1) is 0 Å². The molecule has 2 N–H and O–H groups in total. The molecule has 0 radical (unpaired) electrons. The molecule has 0 atom stereocenters. The van der Waals surface area contributed by atoms with Crippen LogP contribution in [0.1, 0.15) is 25.3 Å². The molecule has 102 valence electrons. The third-order valence-corrected chi connectivity index (χ3v) is 2.58. The van der Waals surface area contributed by atoms with Gasteiger partial charge in [0.2, 0.25) is 0 Å². The van der Waals surface area contributed by atoms with Crippen LogP contribution >= 0.6 is 0 Å². The second-order valence-corrected chi connectivity index (χ2v) is 4.09. The van der Waals surface area contributed by atoms with E-state index in [4.69, 9.17) is 19.9 Å². The van der Waals surface area contributed by atoms with Gasteiger partial charge in [-0.2, -0.15) is 0 Å². The molecule has 0 heterocycles. The molecule has 1 rings (SSSR count). The monoisotopic (exact) mass is 253 g/mol. The SMILES string of the molecule is CCCCOCCOCc1ccc(OC)c(N)c1. The summed E-state index contributed by atoms with van der Waals surface area (Å²) in [4.78, 5) is 0. The predicted molar refractivity (Wildman–Crippen MR) is 72.8 cm³/mol. The Bertz CT molecular complexity index is 342. The number of anilines is 1. The Morgan fingerprint density at radius 2 is 1.89 bits per heavy atom. The fraction of sp³-hybridized carbons (Fsp3) is 0.571. The molecule has 0 aromatic heterocycles. The first-order valence-corrected chi connectivity index (χ1v) is 6.35. The minimum Gasteiger partial charge on any atom is -0.495 e. The molecule has 0 fully saturated rings. The number of ether oxygens (including phenoxy) is 3. The molecule has 0 aliphatic carbocycles. The average molecular weight is 253 g/mol. The van der Waals surface area contributed by atoms with E-state index in [1.807, 2.05) is 18.2 Å². The molecule has 4 nitrogen and oxygen atoms in total. The topological polar surface area (TPSA) is 53.7 Å². The van der Waals surface area contributed by atoms with Gasteiger partial charge in [-0.05, 0) is 24.1 Å². The Balaban J connectivity index is 2.17. The molecule has 1 aromatic carbocycles. The standard InChI is InChI=1S/C14H23NO3/c1-3-4-7-17-8-9-18-11-12-5-6-14(16-2)13(15)10-12/h5-6,10H,3-4,7-9,11,15H2,1-2H3. The lowest BCUT2D eigenvalue weighted by atomic mass is 10.2. The fourth-order valence-electron chi connectivity index (χ4n) is 1.53. The van der Waals surface area contributed by atoms with Crippen molar-refractivity contribution >= 4 is 5.69 Å². The molecule has 0 saturated heterocycles. The second kappa shape index (κ2) is 8.78. The van der Waals surface area contributed by atoms with Crippen LogP contribution < -0.4 is 10.5 Å². The molecule has 0 saturated carbocycles. The summed E-state index contributed by atoms with van der Waals surface area (Å²) in [6.07, 6.45) is 2.26. The van der Waals surface area contributed by atoms with Gasteiger partial charge in [0.1, 0.15) is 5.75 Å². The van der Waals surface area contributed by atoms with Crippen molar-refractivity contribution in [2.45, 2.75) is 26.4 Å². The van der Waals surface area contributed by atoms with Crippen LogP contribution in [0.3, 0.4) is 0 Å². The van der Waals surface area contributed by atoms with Crippen LogP contribution in [0.5, 0.6) is 5.75 Å². The summed E-state index contributed by atoms with van der Waals surface area (Å²) >= 11 is 0. The number of nitrogens with two attached hydrogens (primary N) is 1. The minimum absolute atomic E-state index is 0.547. The van der Waals surface area contributed by atoms with Crippen LogP contribution in [0.4, 0.5) is 5.69 Å². The van der Waals surface area contributed by atoms with E-state index in [0.29, 0.717) is 31.3 Å². The maximum atomic E-state index is 5.81. The van der Waals surface area contributed by atoms with Gasteiger partial charge in [0, 0.05) is 6.61 Å². The van der Waals surface area contributed by atoms with Crippen LogP contribution in [0.2, 0.25) is 0 Å². The highest BCUT2D eigenvalue weighted by atomic mass is 16.5. The number of nitrogen functional groups attached to an aromatic ring is 1. The smallest absolute Gasteiger partial charge is 0.141 e. The van der Waals surface area contributed by atoms with Crippen molar-refractivity contribution in [1.82, 2.24) is 0 Å². The van der Waals surface area contributed by atoms with Crippen LogP contribution in [-0.4, -0.2) is 26.9 Å². The van der Waals surface area contributed by atoms with Gasteiger partial charge in [0.15, 0.2) is 0 Å². The Morgan fingerprint density at radius 3 is 2.56 bits per heavy atom. The molecule has 0 unspecified atom stereocenters. The first kappa shape index (κ1) is 14.8. The molecule has 0 spiro atoms. The summed E-state index contributed by atoms with van der Waals surface area (Å²) in [7, 11) is 1.61. The van der Waals surface area contributed by atoms with Gasteiger partial charge in [-0.15, -0.1) is 0 Å². The maximum absolute atomic E-state index is 5.81. The summed E-state index contributed by atoms with van der Waals surface area (Å²) in [6.45, 7) is 4.76. The third kappa shape index (κ3) is 5.38. The van der Waals surface area contributed by atoms with Gasteiger partial charge in [-0.25, -0.2) is 0 Å². The fourth-order valence-corrected chi connectivity index (χ4v) is 1.53. The number of hydrogen-bond donors (Lipinski definition) is 1. The molecule has 4 heteroatoms. The zero-order valence-electron chi connectivity index (χ0n) is 11.3. The van der Waals surface area contributed by atoms with Crippen molar-refractivity contribution in [3.63, 3.8) is 0 Å². The summed E-state index contributed by atoms with van der Waals surface area (Å²) in [5.74, 6) is 0.696. The van der Waals surface area contributed by atoms with Gasteiger partial charge in [-0.1, -0.05) is 19.4 Å². The second-order valence-electron chi connectivity index (χ2n) is 4.09. The number of hydrogen-bond acceptors (Lipinski definition) is 4. The molecule has 1 aromatic rings. The van der Waals surface area contributed by atoms with Crippen molar-refractivity contribution in [1.29, 1.82) is 0 Å². The summed E-state index contributed by atoms with van der Waals surface area (Å²) < 4.78 is 16.0. The van der Waals surface area contributed by atoms with Crippen LogP contribution in [0.25, 0.3) is 0 Å². The molecule has 0 amide bonds. The normalized spacial score (nSPS) is 10.6. The largest absolute Gasteiger partial charge is 0.495 e. The van der Waals surface area contributed by atoms with E-state index in [2.05, 4.69) is 6.92 Å². The number of unbranched alkanes of at least 4 members (excludes halogenated alkanes) is 1. The summed E-state index contributed by atoms with van der Waals surface area (Å²) in [6, 6.07) is 5.68. The predicted octanol–water partition coefficient (Wildman–Crippen LogP) is 2.61. The van der Waals surface area contributed by atoms with E-state index in [0.717, 1.165) is 25.0 Å². The molecular weight excluding hydrogens is 230 g/mol. The van der Waals surface area contributed by atoms with E-state index >= 15 is 0 Å². The van der Waals surface area contributed by atoms with Crippen molar-refractivity contribution in [3.8, 4) is 5.75 Å². The first-order valence-electron chi connectivity index (χ1n) is 6.35. The maximum Gasteiger partial charge on any atom is 0.141 e. The lowest BCUT2D eigenvalue weighted by Gasteiger charge is -2.08. The Kier molecular flexibility index (Phi) is 7.22. The molecule has 0 aliphatic heterocycles. The third-order valence-electron chi connectivity index (χ3n) is 2.58. The highest BCUT2D eigenvalue weighted by Gasteiger charge is 2.00. The number of methoxy groups -OCH3 is 1. The van der Waals surface area contributed by atoms with E-state index in [1.54, 1.807) is 7.11 Å². The van der Waals surface area contributed by atoms with E-state index < -0.39 is 0 Å². The van der Waals surface area contributed by atoms with Crippen molar-refractivity contribution in [2.75, 3.05) is 32.7 Å². The number of benzene rings is 1. The van der Waals surface area contributed by atoms with Crippen molar-refractivity contribution in [2.24, 2.45) is 0 Å². The Labute approximate surface area is 109 Å². The van der Waals surface area contributed by atoms with Gasteiger partial charge in [0.05, 0.1) is 32.6 Å². The zero-order chi connectivity index (χ0) is 13.2.